The first-order valence-corrected chi connectivity index (χ1v) is 7.21. The number of carbonyl (C=O) groups excluding carboxylic acids is 1. The van der Waals surface area contributed by atoms with Crippen molar-refractivity contribution in [2.45, 2.75) is 39.7 Å². The smallest absolute Gasteiger partial charge is 0.186 e. The molecule has 0 aliphatic carbocycles. The summed E-state index contributed by atoms with van der Waals surface area (Å²) < 4.78 is 0. The molecule has 17 heavy (non-hydrogen) atoms. The molecule has 1 aliphatic rings. The van der Waals surface area contributed by atoms with Crippen LogP contribution in [0.15, 0.2) is 12.1 Å². The Morgan fingerprint density at radius 2 is 2.24 bits per heavy atom. The highest BCUT2D eigenvalue weighted by molar-refractivity contribution is 7.14. The summed E-state index contributed by atoms with van der Waals surface area (Å²) in [6, 6.07) is 4.53. The molecule has 2 heterocycles. The summed E-state index contributed by atoms with van der Waals surface area (Å²) in [7, 11) is 0. The predicted octanol–water partition coefficient (Wildman–Crippen LogP) is 3.36. The van der Waals surface area contributed by atoms with Gasteiger partial charge < -0.3 is 0 Å². The number of ketones is 1. The zero-order chi connectivity index (χ0) is 12.4. The van der Waals surface area contributed by atoms with Gasteiger partial charge in [0.2, 0.25) is 0 Å². The molecule has 1 aromatic rings. The van der Waals surface area contributed by atoms with Crippen LogP contribution in [0.5, 0.6) is 0 Å². The predicted molar refractivity (Wildman–Crippen MR) is 72.8 cm³/mol. The van der Waals surface area contributed by atoms with Crippen LogP contribution >= 0.6 is 11.3 Å². The SMILES string of the molecule is Cc1ccc(C(=O)CN2CCC(C)CC2C)s1. The van der Waals surface area contributed by atoms with Gasteiger partial charge in [0.05, 0.1) is 11.4 Å². The van der Waals surface area contributed by atoms with Crippen molar-refractivity contribution >= 4 is 17.1 Å². The van der Waals surface area contributed by atoms with E-state index in [-0.39, 0.29) is 5.78 Å². The van der Waals surface area contributed by atoms with Gasteiger partial charge in [-0.25, -0.2) is 0 Å². The van der Waals surface area contributed by atoms with Gasteiger partial charge in [-0.05, 0) is 51.3 Å². The van der Waals surface area contributed by atoms with Crippen LogP contribution in [0.4, 0.5) is 0 Å². The van der Waals surface area contributed by atoms with E-state index in [1.165, 1.54) is 17.7 Å². The molecule has 3 heteroatoms. The summed E-state index contributed by atoms with van der Waals surface area (Å²) in [5.41, 5.74) is 0. The Morgan fingerprint density at radius 1 is 1.47 bits per heavy atom. The Bertz CT molecular complexity index is 399. The lowest BCUT2D eigenvalue weighted by Crippen LogP contribution is -2.42. The second-order valence-corrected chi connectivity index (χ2v) is 6.57. The lowest BCUT2D eigenvalue weighted by atomic mass is 9.93. The molecule has 2 rings (SSSR count). The third kappa shape index (κ3) is 3.17. The minimum atomic E-state index is 0.282. The minimum absolute atomic E-state index is 0.282. The van der Waals surface area contributed by atoms with E-state index in [1.807, 2.05) is 19.1 Å². The van der Waals surface area contributed by atoms with Crippen molar-refractivity contribution in [3.8, 4) is 0 Å². The molecule has 94 valence electrons. The van der Waals surface area contributed by atoms with E-state index in [0.717, 1.165) is 17.3 Å². The number of carbonyl (C=O) groups is 1. The number of hydrogen-bond donors (Lipinski definition) is 0. The van der Waals surface area contributed by atoms with Gasteiger partial charge in [0, 0.05) is 10.9 Å². The van der Waals surface area contributed by atoms with E-state index < -0.39 is 0 Å². The first-order chi connectivity index (χ1) is 8.06. The zero-order valence-electron chi connectivity index (χ0n) is 10.9. The van der Waals surface area contributed by atoms with Crippen molar-refractivity contribution in [1.82, 2.24) is 4.90 Å². The number of thiophene rings is 1. The van der Waals surface area contributed by atoms with Crippen LogP contribution in [0.25, 0.3) is 0 Å². The van der Waals surface area contributed by atoms with Crippen molar-refractivity contribution in [2.24, 2.45) is 5.92 Å². The zero-order valence-corrected chi connectivity index (χ0v) is 11.7. The van der Waals surface area contributed by atoms with E-state index in [1.54, 1.807) is 11.3 Å². The summed E-state index contributed by atoms with van der Waals surface area (Å²) in [4.78, 5) is 16.6. The van der Waals surface area contributed by atoms with Gasteiger partial charge in [0.1, 0.15) is 0 Å². The molecule has 1 fully saturated rings. The maximum absolute atomic E-state index is 12.1. The second-order valence-electron chi connectivity index (χ2n) is 5.28. The molecule has 1 aromatic heterocycles. The van der Waals surface area contributed by atoms with Gasteiger partial charge in [0.15, 0.2) is 5.78 Å². The normalized spacial score (nSPS) is 26.1. The lowest BCUT2D eigenvalue weighted by molar-refractivity contribution is 0.0820. The van der Waals surface area contributed by atoms with Crippen LogP contribution in [0.2, 0.25) is 0 Å². The Hall–Kier alpha value is -0.670. The Morgan fingerprint density at radius 3 is 2.82 bits per heavy atom. The van der Waals surface area contributed by atoms with Crippen molar-refractivity contribution in [2.75, 3.05) is 13.1 Å². The van der Waals surface area contributed by atoms with Crippen LogP contribution in [-0.4, -0.2) is 29.8 Å². The molecule has 2 unspecified atom stereocenters. The lowest BCUT2D eigenvalue weighted by Gasteiger charge is -2.35. The third-order valence-corrected chi connectivity index (χ3v) is 4.68. The fraction of sp³-hybridized carbons (Fsp3) is 0.643. The molecule has 0 spiro atoms. The molecule has 1 aliphatic heterocycles. The topological polar surface area (TPSA) is 20.3 Å². The third-order valence-electron chi connectivity index (χ3n) is 3.64. The van der Waals surface area contributed by atoms with Crippen LogP contribution in [-0.2, 0) is 0 Å². The summed E-state index contributed by atoms with van der Waals surface area (Å²) in [5, 5.41) is 0. The molecule has 0 N–H and O–H groups in total. The quantitative estimate of drug-likeness (QED) is 0.768. The van der Waals surface area contributed by atoms with E-state index >= 15 is 0 Å². The Labute approximate surface area is 108 Å². The standard InChI is InChI=1S/C14H21NOS/c1-10-6-7-15(11(2)8-10)9-13(16)14-5-4-12(3)17-14/h4-5,10-11H,6-9H2,1-3H3. The minimum Gasteiger partial charge on any atom is -0.293 e. The number of hydrogen-bond acceptors (Lipinski definition) is 3. The van der Waals surface area contributed by atoms with Crippen LogP contribution < -0.4 is 0 Å². The van der Waals surface area contributed by atoms with Gasteiger partial charge in [-0.2, -0.15) is 0 Å². The Balaban J connectivity index is 1.95. The molecule has 1 saturated heterocycles. The first-order valence-electron chi connectivity index (χ1n) is 6.40. The first kappa shape index (κ1) is 12.8. The highest BCUT2D eigenvalue weighted by Gasteiger charge is 2.24. The number of likely N-dealkylation sites (tertiary alicyclic amines) is 1. The average molecular weight is 251 g/mol. The Kier molecular flexibility index (Phi) is 4.00. The number of nitrogens with zero attached hydrogens (tertiary/aromatic N) is 1. The maximum Gasteiger partial charge on any atom is 0.186 e. The second kappa shape index (κ2) is 5.32. The van der Waals surface area contributed by atoms with E-state index in [4.69, 9.17) is 0 Å². The van der Waals surface area contributed by atoms with Crippen LogP contribution in [0, 0.1) is 12.8 Å². The van der Waals surface area contributed by atoms with Crippen LogP contribution in [0.3, 0.4) is 0 Å². The van der Waals surface area contributed by atoms with E-state index in [2.05, 4.69) is 18.7 Å². The highest BCUT2D eigenvalue weighted by Crippen LogP contribution is 2.23. The average Bonchev–Trinajstić information content (AvgIpc) is 2.69. The molecule has 0 radical (unpaired) electrons. The van der Waals surface area contributed by atoms with Crippen molar-refractivity contribution in [1.29, 1.82) is 0 Å². The number of piperidine rings is 1. The largest absolute Gasteiger partial charge is 0.293 e. The molecular formula is C14H21NOS. The molecule has 0 bridgehead atoms. The van der Waals surface area contributed by atoms with E-state index in [9.17, 15) is 4.79 Å². The molecule has 0 aromatic carbocycles. The van der Waals surface area contributed by atoms with Gasteiger partial charge in [-0.15, -0.1) is 11.3 Å². The van der Waals surface area contributed by atoms with Gasteiger partial charge in [-0.3, -0.25) is 9.69 Å². The summed E-state index contributed by atoms with van der Waals surface area (Å²) in [6.45, 7) is 8.25. The molecule has 2 nitrogen and oxygen atoms in total. The highest BCUT2D eigenvalue weighted by atomic mass is 32.1. The monoisotopic (exact) mass is 251 g/mol. The van der Waals surface area contributed by atoms with Gasteiger partial charge in [-0.1, -0.05) is 6.92 Å². The molecule has 2 atom stereocenters. The van der Waals surface area contributed by atoms with E-state index in [0.29, 0.717) is 12.6 Å². The number of Topliss-reactive ketones (excluding diaryl/α,β-unsaturated/α-hetero) is 1. The van der Waals surface area contributed by atoms with Crippen molar-refractivity contribution in [3.63, 3.8) is 0 Å². The molecule has 0 amide bonds. The fourth-order valence-corrected chi connectivity index (χ4v) is 3.33. The van der Waals surface area contributed by atoms with Gasteiger partial charge >= 0.3 is 0 Å². The summed E-state index contributed by atoms with van der Waals surface area (Å²) >= 11 is 1.61. The number of rotatable bonds is 3. The maximum atomic E-state index is 12.1. The van der Waals surface area contributed by atoms with Crippen LogP contribution in [0.1, 0.15) is 41.2 Å². The summed E-state index contributed by atoms with van der Waals surface area (Å²) in [6.07, 6.45) is 2.44. The summed E-state index contributed by atoms with van der Waals surface area (Å²) in [5.74, 6) is 1.09. The molecular weight excluding hydrogens is 230 g/mol. The number of aryl methyl sites for hydroxylation is 1. The van der Waals surface area contributed by atoms with Gasteiger partial charge in [0.25, 0.3) is 0 Å². The fourth-order valence-electron chi connectivity index (χ4n) is 2.54. The van der Waals surface area contributed by atoms with Crippen molar-refractivity contribution < 1.29 is 4.79 Å². The van der Waals surface area contributed by atoms with Crippen molar-refractivity contribution in [3.05, 3.63) is 21.9 Å². The molecule has 0 saturated carbocycles.